The van der Waals surface area contributed by atoms with Gasteiger partial charge in [-0.05, 0) is 0 Å². The van der Waals surface area contributed by atoms with Crippen molar-refractivity contribution >= 4 is 0 Å². The maximum atomic E-state index is 8.25. The molecule has 0 aliphatic carbocycles. The molecule has 4 N–H and O–H groups in total. The quantitative estimate of drug-likeness (QED) is 0.429. The molecule has 0 saturated heterocycles. The number of hydrogen-bond donors (Lipinski definition) is 0. The summed E-state index contributed by atoms with van der Waals surface area (Å²) in [4.78, 5) is 33.0. The Hall–Kier alpha value is -2.77. The molecule has 0 bridgehead atoms. The fraction of sp³-hybridized carbons (Fsp3) is 0. The van der Waals surface area contributed by atoms with Gasteiger partial charge < -0.3 is 73.6 Å². The molecule has 0 aliphatic heterocycles. The van der Waals surface area contributed by atoms with Crippen molar-refractivity contribution in [2.75, 3.05) is 0 Å². The van der Waals surface area contributed by atoms with E-state index < -0.39 is 20.3 Å². The Labute approximate surface area is 112 Å². The average molecular weight is 339 g/mol. The zero-order valence-corrected chi connectivity index (χ0v) is 9.22. The van der Waals surface area contributed by atoms with E-state index in [0.717, 1.165) is 0 Å². The first-order valence-corrected chi connectivity index (χ1v) is 2.19. The van der Waals surface area contributed by atoms with Gasteiger partial charge in [-0.3, -0.25) is 0 Å². The van der Waals surface area contributed by atoms with Gasteiger partial charge in [0.15, 0.2) is 0 Å². The Kier molecular flexibility index (Phi) is 84.2. The van der Waals surface area contributed by atoms with Crippen LogP contribution in [0, 0.1) is 61.3 Å². The molecule has 19 heavy (non-hydrogen) atoms. The number of nitrogens with two attached hydrogens (primary N) is 2. The zero-order chi connectivity index (χ0) is 14.3. The van der Waals surface area contributed by atoms with Crippen LogP contribution in [0.5, 0.6) is 0 Å². The molecule has 19 heteroatoms. The van der Waals surface area contributed by atoms with E-state index in [-0.39, 0.29) is 29.1 Å². The van der Waals surface area contributed by atoms with Crippen LogP contribution in [-0.2, 0) is 16.8 Å². The van der Waals surface area contributed by atoms with Crippen LogP contribution in [0.2, 0.25) is 0 Å². The molecule has 0 aromatic rings. The summed E-state index contributed by atoms with van der Waals surface area (Å²) in [6.07, 6.45) is 0. The maximum absolute atomic E-state index is 8.25. The van der Waals surface area contributed by atoms with Gasteiger partial charge in [-0.25, -0.2) is 0 Å². The summed E-state index contributed by atoms with van der Waals surface area (Å²) in [5.41, 5.74) is 0. The van der Waals surface area contributed by atoms with Gasteiger partial charge in [-0.15, -0.1) is 0 Å². The van der Waals surface area contributed by atoms with Crippen LogP contribution >= 0.6 is 0 Å². The third kappa shape index (κ3) is 346. The SMILES string of the molecule is O=[N+]([O-])[O-].O=[N+]([O-])[O-].O=[N+]([O-])[O-].O=[N+]([O-])[O-].[Co+3].[NH2-].[NH2-]. The second-order valence-electron chi connectivity index (χ2n) is 0.894. The van der Waals surface area contributed by atoms with E-state index in [1.165, 1.54) is 0 Å². The van der Waals surface area contributed by atoms with Gasteiger partial charge >= 0.3 is 16.8 Å². The van der Waals surface area contributed by atoms with Crippen molar-refractivity contribution in [3.8, 4) is 0 Å². The number of hydrogen-bond acceptors (Lipinski definition) is 12. The van der Waals surface area contributed by atoms with Crippen molar-refractivity contribution in [2.24, 2.45) is 0 Å². The predicted molar refractivity (Wildman–Crippen MR) is 52.0 cm³/mol. The van der Waals surface area contributed by atoms with E-state index in [1.807, 2.05) is 0 Å². The van der Waals surface area contributed by atoms with Gasteiger partial charge in [-0.1, -0.05) is 0 Å². The summed E-state index contributed by atoms with van der Waals surface area (Å²) in [7, 11) is 0. The first kappa shape index (κ1) is 44.2. The van der Waals surface area contributed by atoms with Crippen molar-refractivity contribution in [2.45, 2.75) is 0 Å². The van der Waals surface area contributed by atoms with Gasteiger partial charge in [0.25, 0.3) is 0 Å². The van der Waals surface area contributed by atoms with E-state index in [0.29, 0.717) is 0 Å². The minimum Gasteiger partial charge on any atom is -0.693 e. The fourth-order valence-corrected chi connectivity index (χ4v) is 0. The molecule has 0 spiro atoms. The van der Waals surface area contributed by atoms with Crippen molar-refractivity contribution in [3.63, 3.8) is 0 Å². The summed E-state index contributed by atoms with van der Waals surface area (Å²) >= 11 is 0. The first-order chi connectivity index (χ1) is 6.93. The minimum absolute atomic E-state index is 0. The Bertz CT molecular complexity index is 162. The van der Waals surface area contributed by atoms with Gasteiger partial charge in [0.05, 0.1) is 20.3 Å². The molecule has 0 aliphatic rings. The van der Waals surface area contributed by atoms with E-state index in [4.69, 9.17) is 61.3 Å². The number of rotatable bonds is 0. The molecule has 0 aromatic heterocycles. The topological polar surface area (TPSA) is 332 Å². The van der Waals surface area contributed by atoms with Crippen LogP contribution in [0.1, 0.15) is 0 Å². The summed E-state index contributed by atoms with van der Waals surface area (Å²) in [6.45, 7) is 0. The van der Waals surface area contributed by atoms with Crippen LogP contribution in [0.15, 0.2) is 0 Å². The van der Waals surface area contributed by atoms with E-state index >= 15 is 0 Å². The Morgan fingerprint density at radius 2 is 0.421 bits per heavy atom. The third-order valence-electron chi connectivity index (χ3n) is 0. The van der Waals surface area contributed by atoms with Crippen LogP contribution < -0.4 is 0 Å². The molecule has 0 unspecified atom stereocenters. The molecule has 0 rings (SSSR count). The van der Waals surface area contributed by atoms with Crippen molar-refractivity contribution in [1.29, 1.82) is 0 Å². The van der Waals surface area contributed by atoms with Gasteiger partial charge in [-0.2, -0.15) is 0 Å². The monoisotopic (exact) mass is 339 g/mol. The maximum Gasteiger partial charge on any atom is 3.00 e. The molecular formula is H4CoN6O12-3. The van der Waals surface area contributed by atoms with Crippen molar-refractivity contribution in [1.82, 2.24) is 0 Å². The predicted octanol–water partition coefficient (Wildman–Crippen LogP) is 0.475. The molecule has 0 heterocycles. The Balaban J connectivity index is -0.0000000192. The summed E-state index contributed by atoms with van der Waals surface area (Å²) < 4.78 is 0. The second-order valence-corrected chi connectivity index (χ2v) is 0.894. The second kappa shape index (κ2) is 36.2. The van der Waals surface area contributed by atoms with Gasteiger partial charge in [0.1, 0.15) is 0 Å². The molecule has 0 amide bonds. The number of nitrogens with zero attached hydrogens (tertiary/aromatic N) is 4. The summed E-state index contributed by atoms with van der Waals surface area (Å²) in [6, 6.07) is 0. The molecule has 0 saturated carbocycles. The molecule has 0 fully saturated rings. The Morgan fingerprint density at radius 3 is 0.421 bits per heavy atom. The summed E-state index contributed by atoms with van der Waals surface area (Å²) in [5.74, 6) is 0. The average Bonchev–Trinajstić information content (AvgIpc) is 1.76. The standard InChI is InChI=1S/Co.4NO3.2H2N/c;4*2-1(3)4;;/h;;;;;2*1H2/q+3;6*-1. The third-order valence-corrected chi connectivity index (χ3v) is 0. The fourth-order valence-electron chi connectivity index (χ4n) is 0. The van der Waals surface area contributed by atoms with E-state index in [1.54, 1.807) is 0 Å². The van der Waals surface area contributed by atoms with Gasteiger partial charge in [0, 0.05) is 0 Å². The van der Waals surface area contributed by atoms with Crippen LogP contribution in [-0.4, -0.2) is 20.3 Å². The molecule has 18 nitrogen and oxygen atoms in total. The molecule has 0 atom stereocenters. The molecule has 118 valence electrons. The normalized spacial score (nSPS) is 5.05. The van der Waals surface area contributed by atoms with Crippen LogP contribution in [0.4, 0.5) is 0 Å². The van der Waals surface area contributed by atoms with E-state index in [9.17, 15) is 0 Å². The minimum atomic E-state index is -1.75. The van der Waals surface area contributed by atoms with Crippen LogP contribution in [0.25, 0.3) is 12.3 Å². The Morgan fingerprint density at radius 1 is 0.421 bits per heavy atom. The zero-order valence-electron chi connectivity index (χ0n) is 8.18. The van der Waals surface area contributed by atoms with Crippen molar-refractivity contribution in [3.05, 3.63) is 73.6 Å². The smallest absolute Gasteiger partial charge is 0.693 e. The molecule has 0 aromatic carbocycles. The van der Waals surface area contributed by atoms with E-state index in [2.05, 4.69) is 0 Å². The first-order valence-electron chi connectivity index (χ1n) is 2.19. The molecule has 0 radical (unpaired) electrons. The summed E-state index contributed by atoms with van der Waals surface area (Å²) in [5, 5.41) is 59.0. The van der Waals surface area contributed by atoms with Crippen molar-refractivity contribution < 1.29 is 37.1 Å². The van der Waals surface area contributed by atoms with Crippen LogP contribution in [0.3, 0.4) is 0 Å². The molecular weight excluding hydrogens is 335 g/mol. The van der Waals surface area contributed by atoms with Gasteiger partial charge in [0.2, 0.25) is 0 Å². The largest absolute Gasteiger partial charge is 3.00 e.